The molecular weight excluding hydrogens is 131 g/mol. The van der Waals surface area contributed by atoms with E-state index in [2.05, 4.69) is 14.1 Å². The van der Waals surface area contributed by atoms with Crippen LogP contribution in [0.1, 0.15) is 12.8 Å². The van der Waals surface area contributed by atoms with Gasteiger partial charge in [-0.3, -0.25) is 4.67 Å². The van der Waals surface area contributed by atoms with Gasteiger partial charge in [-0.05, 0) is 19.0 Å². The highest BCUT2D eigenvalue weighted by molar-refractivity contribution is 7.13. The molecule has 1 rings (SSSR count). The maximum Gasteiger partial charge on any atom is 0.00542 e. The van der Waals surface area contributed by atoms with Gasteiger partial charge in [0.15, 0.2) is 0 Å². The molecule has 0 aromatic rings. The Bertz CT molecular complexity index is 112. The van der Waals surface area contributed by atoms with Gasteiger partial charge in [0.1, 0.15) is 0 Å². The molecule has 0 spiro atoms. The molecule has 2 nitrogen and oxygen atoms in total. The molecule has 2 N–H and O–H groups in total. The smallest absolute Gasteiger partial charge is 0.00542 e. The molecule has 0 bridgehead atoms. The molecule has 0 saturated carbocycles. The van der Waals surface area contributed by atoms with Crippen LogP contribution in [-0.4, -0.2) is 17.8 Å². The van der Waals surface area contributed by atoms with E-state index in [0.29, 0.717) is 0 Å². The second kappa shape index (κ2) is 3.19. The minimum absolute atomic E-state index is 1.13. The Kier molecular flexibility index (Phi) is 2.49. The monoisotopic (exact) mass is 144 g/mol. The predicted octanol–water partition coefficient (Wildman–Crippen LogP) is 0.715. The van der Waals surface area contributed by atoms with Crippen molar-refractivity contribution in [3.63, 3.8) is 0 Å². The fourth-order valence-electron chi connectivity index (χ4n) is 0.978. The maximum absolute atomic E-state index is 5.36. The highest BCUT2D eigenvalue weighted by Crippen LogP contribution is 2.16. The third-order valence-corrected chi connectivity index (χ3v) is 2.19. The van der Waals surface area contributed by atoms with E-state index in [9.17, 15) is 0 Å². The summed E-state index contributed by atoms with van der Waals surface area (Å²) in [6.45, 7) is 2.27. The van der Waals surface area contributed by atoms with Crippen molar-refractivity contribution in [1.29, 1.82) is 0 Å². The van der Waals surface area contributed by atoms with Crippen LogP contribution in [0, 0.1) is 0 Å². The molecule has 0 aromatic carbocycles. The van der Waals surface area contributed by atoms with E-state index < -0.39 is 0 Å². The van der Waals surface area contributed by atoms with Gasteiger partial charge in [-0.1, -0.05) is 15.0 Å². The van der Waals surface area contributed by atoms with Crippen molar-refractivity contribution < 1.29 is 0 Å². The fourth-order valence-corrected chi connectivity index (χ4v) is 1.24. The van der Waals surface area contributed by atoms with Crippen molar-refractivity contribution in [2.75, 3.05) is 13.1 Å². The fraction of sp³-hybridized carbons (Fsp3) is 0.667. The largest absolute Gasteiger partial charge is 0.405 e. The summed E-state index contributed by atoms with van der Waals surface area (Å²) in [7, 11) is 2.71. The van der Waals surface area contributed by atoms with Crippen LogP contribution < -0.4 is 5.73 Å². The molecule has 0 amide bonds. The van der Waals surface area contributed by atoms with Crippen LogP contribution in [-0.2, 0) is 0 Å². The van der Waals surface area contributed by atoms with Crippen molar-refractivity contribution in [2.24, 2.45) is 5.73 Å². The van der Waals surface area contributed by atoms with Crippen molar-refractivity contribution in [1.82, 2.24) is 4.67 Å². The Morgan fingerprint density at radius 1 is 1.44 bits per heavy atom. The first kappa shape index (κ1) is 7.04. The molecule has 1 unspecified atom stereocenters. The average molecular weight is 144 g/mol. The minimum Gasteiger partial charge on any atom is -0.405 e. The van der Waals surface area contributed by atoms with Gasteiger partial charge in [-0.2, -0.15) is 0 Å². The lowest BCUT2D eigenvalue weighted by atomic mass is 10.1. The van der Waals surface area contributed by atoms with E-state index in [0.717, 1.165) is 25.9 Å². The molecule has 0 aromatic heterocycles. The van der Waals surface area contributed by atoms with Gasteiger partial charge in [0.2, 0.25) is 0 Å². The molecule has 1 heterocycles. The lowest BCUT2D eigenvalue weighted by molar-refractivity contribution is 0.433. The third kappa shape index (κ3) is 1.96. The van der Waals surface area contributed by atoms with E-state index in [1.165, 1.54) is 5.57 Å². The summed E-state index contributed by atoms with van der Waals surface area (Å²) >= 11 is 0. The Hall–Kier alpha value is -0.0700. The van der Waals surface area contributed by atoms with Crippen LogP contribution in [0.4, 0.5) is 0 Å². The Morgan fingerprint density at radius 3 is 2.44 bits per heavy atom. The Labute approximate surface area is 58.4 Å². The van der Waals surface area contributed by atoms with Gasteiger partial charge in [0.25, 0.3) is 0 Å². The van der Waals surface area contributed by atoms with E-state index in [-0.39, 0.29) is 0 Å². The van der Waals surface area contributed by atoms with Crippen molar-refractivity contribution >= 4 is 9.39 Å². The van der Waals surface area contributed by atoms with Gasteiger partial charge in [0, 0.05) is 13.1 Å². The molecule has 1 atom stereocenters. The summed E-state index contributed by atoms with van der Waals surface area (Å²) < 4.78 is 2.24. The van der Waals surface area contributed by atoms with E-state index in [1.807, 2.05) is 0 Å². The zero-order chi connectivity index (χ0) is 6.69. The van der Waals surface area contributed by atoms with Crippen LogP contribution in [0.15, 0.2) is 11.8 Å². The molecule has 1 aliphatic rings. The van der Waals surface area contributed by atoms with Gasteiger partial charge in [0.05, 0.1) is 0 Å². The molecule has 1 saturated heterocycles. The molecule has 1 aliphatic heterocycles. The third-order valence-electron chi connectivity index (χ3n) is 1.68. The molecule has 52 valence electrons. The first-order valence-electron chi connectivity index (χ1n) is 3.22. The zero-order valence-electron chi connectivity index (χ0n) is 5.51. The Balaban J connectivity index is 2.35. The van der Waals surface area contributed by atoms with Gasteiger partial charge >= 0.3 is 0 Å². The van der Waals surface area contributed by atoms with Crippen LogP contribution in [0.25, 0.3) is 0 Å². The normalized spacial score (nSPS) is 22.1. The lowest BCUT2D eigenvalue weighted by Crippen LogP contribution is -2.21. The average Bonchev–Trinajstić information content (AvgIpc) is 1.90. The van der Waals surface area contributed by atoms with E-state index in [1.54, 1.807) is 6.20 Å². The highest BCUT2D eigenvalue weighted by Gasteiger charge is 2.08. The van der Waals surface area contributed by atoms with Gasteiger partial charge in [-0.15, -0.1) is 0 Å². The number of rotatable bonds is 0. The molecule has 1 fully saturated rings. The predicted molar refractivity (Wildman–Crippen MR) is 42.8 cm³/mol. The first-order valence-corrected chi connectivity index (χ1v) is 3.74. The van der Waals surface area contributed by atoms with Gasteiger partial charge in [-0.25, -0.2) is 0 Å². The number of hydrogen-bond acceptors (Lipinski definition) is 2. The summed E-state index contributed by atoms with van der Waals surface area (Å²) in [6.07, 6.45) is 4.03. The number of nitrogens with two attached hydrogens (primary N) is 1. The summed E-state index contributed by atoms with van der Waals surface area (Å²) in [5.41, 5.74) is 6.76. The topological polar surface area (TPSA) is 29.3 Å². The number of hydrogen-bond donors (Lipinski definition) is 1. The zero-order valence-corrected chi connectivity index (χ0v) is 6.66. The highest BCUT2D eigenvalue weighted by atomic mass is 31.0. The molecule has 3 heteroatoms. The summed E-state index contributed by atoms with van der Waals surface area (Å²) in [6, 6.07) is 0. The van der Waals surface area contributed by atoms with E-state index in [4.69, 9.17) is 5.73 Å². The van der Waals surface area contributed by atoms with Crippen LogP contribution in [0.5, 0.6) is 0 Å². The second-order valence-corrected chi connectivity index (χ2v) is 3.09. The quantitative estimate of drug-likeness (QED) is 0.507. The second-order valence-electron chi connectivity index (χ2n) is 2.36. The molecule has 0 aliphatic carbocycles. The summed E-state index contributed by atoms with van der Waals surface area (Å²) in [5.74, 6) is 0. The Morgan fingerprint density at radius 2 is 2.00 bits per heavy atom. The number of nitrogens with zero attached hydrogens (tertiary/aromatic N) is 1. The summed E-state index contributed by atoms with van der Waals surface area (Å²) in [4.78, 5) is 0. The van der Waals surface area contributed by atoms with Crippen molar-refractivity contribution in [2.45, 2.75) is 12.8 Å². The molecule has 9 heavy (non-hydrogen) atoms. The first-order chi connectivity index (χ1) is 4.33. The SMILES string of the molecule is NC=C1CCN(P)CC1. The van der Waals surface area contributed by atoms with E-state index >= 15 is 0 Å². The van der Waals surface area contributed by atoms with Crippen LogP contribution in [0.2, 0.25) is 0 Å². The standard InChI is InChI=1S/C6H13N2P/c7-5-6-1-3-8(9)4-2-6/h5H,1-4,7,9H2. The van der Waals surface area contributed by atoms with Crippen molar-refractivity contribution in [3.8, 4) is 0 Å². The lowest BCUT2D eigenvalue weighted by Gasteiger charge is -2.22. The minimum atomic E-state index is 1.13. The van der Waals surface area contributed by atoms with Crippen molar-refractivity contribution in [3.05, 3.63) is 11.8 Å². The summed E-state index contributed by atoms with van der Waals surface area (Å²) in [5, 5.41) is 0. The maximum atomic E-state index is 5.36. The number of piperidine rings is 1. The van der Waals surface area contributed by atoms with Crippen LogP contribution in [0.3, 0.4) is 0 Å². The molecular formula is C6H13N2P. The van der Waals surface area contributed by atoms with Gasteiger partial charge < -0.3 is 5.73 Å². The molecule has 0 radical (unpaired) electrons. The van der Waals surface area contributed by atoms with Crippen LogP contribution >= 0.6 is 9.39 Å².